The Morgan fingerprint density at radius 2 is 1.26 bits per heavy atom. The maximum absolute atomic E-state index is 10.5. The molecule has 2 atom stereocenters. The molecule has 3 aromatic carbocycles. The zero-order valence-corrected chi connectivity index (χ0v) is 18.9. The molecular formula is C27H27Cl2NO. The third kappa shape index (κ3) is 3.70. The Bertz CT molecular complexity index is 994. The van der Waals surface area contributed by atoms with Crippen molar-refractivity contribution in [2.24, 2.45) is 0 Å². The molecule has 2 aliphatic rings. The second-order valence-electron chi connectivity index (χ2n) is 8.99. The Hall–Kier alpha value is -1.84. The molecule has 0 aromatic heterocycles. The number of hydrogen-bond acceptors (Lipinski definition) is 2. The van der Waals surface area contributed by atoms with Crippen LogP contribution < -0.4 is 0 Å². The lowest BCUT2D eigenvalue weighted by Gasteiger charge is -2.49. The van der Waals surface area contributed by atoms with E-state index in [2.05, 4.69) is 53.4 Å². The Labute approximate surface area is 194 Å². The molecule has 2 heterocycles. The zero-order valence-electron chi connectivity index (χ0n) is 17.4. The number of rotatable bonds is 5. The first-order valence-corrected chi connectivity index (χ1v) is 11.8. The molecule has 1 N–H and O–H groups in total. The summed E-state index contributed by atoms with van der Waals surface area (Å²) in [5, 5.41) is 12.1. The maximum Gasteiger partial charge on any atom is 0.0636 e. The van der Waals surface area contributed by atoms with Crippen molar-refractivity contribution < 1.29 is 5.11 Å². The lowest BCUT2D eigenvalue weighted by atomic mass is 9.70. The van der Waals surface area contributed by atoms with Gasteiger partial charge in [0.1, 0.15) is 0 Å². The van der Waals surface area contributed by atoms with E-state index in [1.807, 2.05) is 30.3 Å². The minimum atomic E-state index is -0.185. The van der Waals surface area contributed by atoms with Gasteiger partial charge in [0.15, 0.2) is 0 Å². The molecule has 2 nitrogen and oxygen atoms in total. The fourth-order valence-electron chi connectivity index (χ4n) is 5.93. The van der Waals surface area contributed by atoms with Crippen LogP contribution in [0.15, 0.2) is 78.9 Å². The summed E-state index contributed by atoms with van der Waals surface area (Å²) in [4.78, 5) is 2.64. The highest BCUT2D eigenvalue weighted by molar-refractivity contribution is 6.32. The highest BCUT2D eigenvalue weighted by Gasteiger charge is 2.51. The van der Waals surface area contributed by atoms with Gasteiger partial charge in [0.2, 0.25) is 0 Å². The molecule has 31 heavy (non-hydrogen) atoms. The zero-order chi connectivity index (χ0) is 21.4. The average Bonchev–Trinajstić information content (AvgIpc) is 3.06. The molecule has 2 unspecified atom stereocenters. The van der Waals surface area contributed by atoms with Gasteiger partial charge in [0, 0.05) is 27.5 Å². The SMILES string of the molecule is OCC1(c2ccccc2)CC2CCC(C1)N2C(c1ccccc1Cl)c1ccccc1Cl. The van der Waals surface area contributed by atoms with E-state index in [0.29, 0.717) is 12.1 Å². The van der Waals surface area contributed by atoms with Gasteiger partial charge in [0.05, 0.1) is 12.6 Å². The van der Waals surface area contributed by atoms with Gasteiger partial charge in [0.25, 0.3) is 0 Å². The first-order valence-electron chi connectivity index (χ1n) is 11.1. The smallest absolute Gasteiger partial charge is 0.0636 e. The van der Waals surface area contributed by atoms with Gasteiger partial charge in [-0.25, -0.2) is 0 Å². The van der Waals surface area contributed by atoms with E-state index in [0.717, 1.165) is 46.9 Å². The van der Waals surface area contributed by atoms with Gasteiger partial charge in [-0.05, 0) is 54.5 Å². The highest BCUT2D eigenvalue weighted by atomic mass is 35.5. The molecule has 0 amide bonds. The maximum atomic E-state index is 10.5. The van der Waals surface area contributed by atoms with Crippen molar-refractivity contribution in [1.29, 1.82) is 0 Å². The van der Waals surface area contributed by atoms with Gasteiger partial charge in [-0.2, -0.15) is 0 Å². The van der Waals surface area contributed by atoms with Crippen molar-refractivity contribution in [3.8, 4) is 0 Å². The number of fused-ring (bicyclic) bond motifs is 2. The summed E-state index contributed by atoms with van der Waals surface area (Å²) in [6.45, 7) is 0.181. The van der Waals surface area contributed by atoms with E-state index in [1.54, 1.807) is 0 Å². The number of halogens is 2. The Balaban J connectivity index is 1.58. The molecule has 3 aromatic rings. The molecule has 2 saturated heterocycles. The van der Waals surface area contributed by atoms with Gasteiger partial charge in [-0.1, -0.05) is 89.9 Å². The van der Waals surface area contributed by atoms with Crippen LogP contribution in [0.2, 0.25) is 10.0 Å². The molecule has 2 bridgehead atoms. The number of hydrogen-bond donors (Lipinski definition) is 1. The first kappa shape index (κ1) is 21.0. The van der Waals surface area contributed by atoms with E-state index in [1.165, 1.54) is 5.56 Å². The molecule has 2 fully saturated rings. The van der Waals surface area contributed by atoms with Gasteiger partial charge >= 0.3 is 0 Å². The van der Waals surface area contributed by atoms with Crippen LogP contribution in [0.5, 0.6) is 0 Å². The van der Waals surface area contributed by atoms with Gasteiger partial charge in [-0.3, -0.25) is 4.90 Å². The molecule has 160 valence electrons. The molecule has 4 heteroatoms. The largest absolute Gasteiger partial charge is 0.395 e. The number of aliphatic hydroxyl groups excluding tert-OH is 1. The third-order valence-electron chi connectivity index (χ3n) is 7.32. The predicted octanol–water partition coefficient (Wildman–Crippen LogP) is 6.64. The van der Waals surface area contributed by atoms with Crippen LogP contribution in [0.1, 0.15) is 48.4 Å². The van der Waals surface area contributed by atoms with Crippen LogP contribution in [-0.2, 0) is 5.41 Å². The summed E-state index contributed by atoms with van der Waals surface area (Å²) in [5.74, 6) is 0. The predicted molar refractivity (Wildman–Crippen MR) is 128 cm³/mol. The van der Waals surface area contributed by atoms with Gasteiger partial charge < -0.3 is 5.11 Å². The number of nitrogens with zero attached hydrogens (tertiary/aromatic N) is 1. The van der Waals surface area contributed by atoms with Crippen LogP contribution in [0.4, 0.5) is 0 Å². The fraction of sp³-hybridized carbons (Fsp3) is 0.333. The Morgan fingerprint density at radius 1 is 0.774 bits per heavy atom. The third-order valence-corrected chi connectivity index (χ3v) is 8.00. The normalized spacial score (nSPS) is 25.8. The van der Waals surface area contributed by atoms with Crippen molar-refractivity contribution >= 4 is 23.2 Å². The standard InChI is InChI=1S/C27H27Cl2NO/c28-24-12-6-4-10-22(24)26(23-11-5-7-13-25(23)29)30-20-14-15-21(30)17-27(16-20,18-31)19-8-2-1-3-9-19/h1-13,20-21,26,31H,14-18H2. The van der Waals surface area contributed by atoms with Gasteiger partial charge in [-0.15, -0.1) is 0 Å². The minimum Gasteiger partial charge on any atom is -0.395 e. The molecule has 0 aliphatic carbocycles. The summed E-state index contributed by atoms with van der Waals surface area (Å²) in [6, 6.07) is 27.5. The second kappa shape index (κ2) is 8.60. The van der Waals surface area contributed by atoms with Crippen LogP contribution >= 0.6 is 23.2 Å². The van der Waals surface area contributed by atoms with E-state index >= 15 is 0 Å². The Kier molecular flexibility index (Phi) is 5.83. The number of piperidine rings is 1. The van der Waals surface area contributed by atoms with E-state index in [9.17, 15) is 5.11 Å². The molecule has 0 radical (unpaired) electrons. The summed E-state index contributed by atoms with van der Waals surface area (Å²) in [6.07, 6.45) is 4.14. The first-order chi connectivity index (χ1) is 15.1. The summed E-state index contributed by atoms with van der Waals surface area (Å²) in [7, 11) is 0. The van der Waals surface area contributed by atoms with Crippen LogP contribution in [0, 0.1) is 0 Å². The monoisotopic (exact) mass is 451 g/mol. The number of aliphatic hydroxyl groups is 1. The summed E-state index contributed by atoms with van der Waals surface area (Å²) < 4.78 is 0. The van der Waals surface area contributed by atoms with E-state index in [4.69, 9.17) is 23.2 Å². The topological polar surface area (TPSA) is 23.5 Å². The molecule has 0 spiro atoms. The number of benzene rings is 3. The lowest BCUT2D eigenvalue weighted by Crippen LogP contribution is -2.52. The fourth-order valence-corrected chi connectivity index (χ4v) is 6.41. The molecular weight excluding hydrogens is 425 g/mol. The van der Waals surface area contributed by atoms with Crippen molar-refractivity contribution in [2.75, 3.05) is 6.61 Å². The van der Waals surface area contributed by atoms with Crippen molar-refractivity contribution in [3.63, 3.8) is 0 Å². The molecule has 5 rings (SSSR count). The Morgan fingerprint density at radius 3 is 1.74 bits per heavy atom. The molecule has 0 saturated carbocycles. The molecule has 2 aliphatic heterocycles. The van der Waals surface area contributed by atoms with Crippen molar-refractivity contribution in [1.82, 2.24) is 4.90 Å². The van der Waals surface area contributed by atoms with E-state index < -0.39 is 0 Å². The van der Waals surface area contributed by atoms with Crippen LogP contribution in [0.25, 0.3) is 0 Å². The van der Waals surface area contributed by atoms with Crippen LogP contribution in [0.3, 0.4) is 0 Å². The lowest BCUT2D eigenvalue weighted by molar-refractivity contribution is 0.0308. The average molecular weight is 452 g/mol. The second-order valence-corrected chi connectivity index (χ2v) is 9.80. The minimum absolute atomic E-state index is 0.00682. The quantitative estimate of drug-likeness (QED) is 0.469. The summed E-state index contributed by atoms with van der Waals surface area (Å²) in [5.41, 5.74) is 3.27. The van der Waals surface area contributed by atoms with Crippen molar-refractivity contribution in [2.45, 2.75) is 49.2 Å². The van der Waals surface area contributed by atoms with Crippen molar-refractivity contribution in [3.05, 3.63) is 106 Å². The van der Waals surface area contributed by atoms with E-state index in [-0.39, 0.29) is 18.1 Å². The summed E-state index contributed by atoms with van der Waals surface area (Å²) >= 11 is 13.5. The van der Waals surface area contributed by atoms with Crippen LogP contribution in [-0.4, -0.2) is 28.7 Å². The highest BCUT2D eigenvalue weighted by Crippen LogP contribution is 2.52.